The minimum atomic E-state index is -0.136. The van der Waals surface area contributed by atoms with Gasteiger partial charge in [0.25, 0.3) is 5.91 Å². The summed E-state index contributed by atoms with van der Waals surface area (Å²) in [4.78, 5) is 17.1. The molecule has 1 aliphatic rings. The molecule has 0 spiro atoms. The van der Waals surface area contributed by atoms with Crippen LogP contribution in [0.3, 0.4) is 0 Å². The third kappa shape index (κ3) is 4.90. The van der Waals surface area contributed by atoms with Crippen molar-refractivity contribution in [1.82, 2.24) is 20.0 Å². The number of ether oxygens (including phenoxy) is 1. The van der Waals surface area contributed by atoms with Crippen LogP contribution in [0.15, 0.2) is 84.2 Å². The number of nitrogens with zero attached hydrogens (tertiary/aromatic N) is 3. The number of benzene rings is 2. The van der Waals surface area contributed by atoms with Crippen LogP contribution in [0.2, 0.25) is 0 Å². The van der Waals surface area contributed by atoms with Crippen LogP contribution in [0.1, 0.15) is 21.4 Å². The summed E-state index contributed by atoms with van der Waals surface area (Å²) in [7, 11) is 0. The first kappa shape index (κ1) is 21.6. The molecule has 0 bridgehead atoms. The van der Waals surface area contributed by atoms with Crippen LogP contribution in [0.25, 0.3) is 16.9 Å². The van der Waals surface area contributed by atoms with Gasteiger partial charge in [-0.3, -0.25) is 9.69 Å². The summed E-state index contributed by atoms with van der Waals surface area (Å²) in [5, 5.41) is 10.0. The number of morpholine rings is 1. The van der Waals surface area contributed by atoms with Crippen molar-refractivity contribution in [2.24, 2.45) is 0 Å². The van der Waals surface area contributed by atoms with Gasteiger partial charge in [-0.25, -0.2) is 4.68 Å². The maximum Gasteiger partial charge on any atom is 0.270 e. The first-order valence-electron chi connectivity index (χ1n) is 11.1. The van der Waals surface area contributed by atoms with Crippen molar-refractivity contribution in [3.8, 4) is 16.9 Å². The Morgan fingerprint density at radius 2 is 1.73 bits per heavy atom. The Kier molecular flexibility index (Phi) is 6.62. The number of carbonyl (C=O) groups is 1. The molecule has 1 aliphatic heterocycles. The zero-order chi connectivity index (χ0) is 22.5. The quantitative estimate of drug-likeness (QED) is 0.446. The summed E-state index contributed by atoms with van der Waals surface area (Å²) in [6.45, 7) is 3.69. The first-order valence-corrected chi connectivity index (χ1v) is 12.0. The Hall–Kier alpha value is -3.26. The highest BCUT2D eigenvalue weighted by molar-refractivity contribution is 7.10. The fraction of sp³-hybridized carbons (Fsp3) is 0.231. The maximum atomic E-state index is 13.4. The van der Waals surface area contributed by atoms with E-state index in [1.807, 2.05) is 66.7 Å². The van der Waals surface area contributed by atoms with Crippen LogP contribution in [0, 0.1) is 0 Å². The van der Waals surface area contributed by atoms with Crippen LogP contribution in [0.5, 0.6) is 0 Å². The minimum Gasteiger partial charge on any atom is -0.379 e. The Morgan fingerprint density at radius 3 is 2.42 bits per heavy atom. The first-order chi connectivity index (χ1) is 16.3. The molecular formula is C26H26N4O2S. The van der Waals surface area contributed by atoms with E-state index in [1.54, 1.807) is 16.0 Å². The molecule has 1 saturated heterocycles. The highest BCUT2D eigenvalue weighted by Crippen LogP contribution is 2.26. The number of thiophene rings is 1. The van der Waals surface area contributed by atoms with E-state index in [2.05, 4.69) is 27.7 Å². The van der Waals surface area contributed by atoms with Crippen LogP contribution < -0.4 is 5.32 Å². The SMILES string of the molecule is O=C(NC[C@@H](c1cccs1)N1CCOCC1)c1cc(-c2ccccc2)nn1-c1ccccc1. The largest absolute Gasteiger partial charge is 0.379 e. The molecule has 33 heavy (non-hydrogen) atoms. The van der Waals surface area contributed by atoms with Crippen molar-refractivity contribution in [2.45, 2.75) is 6.04 Å². The average Bonchev–Trinajstić information content (AvgIpc) is 3.57. The lowest BCUT2D eigenvalue weighted by molar-refractivity contribution is 0.0169. The summed E-state index contributed by atoms with van der Waals surface area (Å²) in [5.74, 6) is -0.136. The molecule has 3 heterocycles. The summed E-state index contributed by atoms with van der Waals surface area (Å²) >= 11 is 1.72. The minimum absolute atomic E-state index is 0.125. The van der Waals surface area contributed by atoms with Gasteiger partial charge >= 0.3 is 0 Å². The van der Waals surface area contributed by atoms with Crippen molar-refractivity contribution < 1.29 is 9.53 Å². The number of nitrogens with one attached hydrogen (secondary N) is 1. The number of hydrogen-bond donors (Lipinski definition) is 1. The standard InChI is InChI=1S/C26H26N4O2S/c31-26(27-19-24(25-12-7-17-33-25)29-13-15-32-16-14-29)23-18-22(20-8-3-1-4-9-20)28-30(23)21-10-5-2-6-11-21/h1-12,17-18,24H,13-16,19H2,(H,27,31)/t24-/m0/s1. The van der Waals surface area contributed by atoms with Gasteiger partial charge in [0.2, 0.25) is 0 Å². The molecule has 0 aliphatic carbocycles. The summed E-state index contributed by atoms with van der Waals surface area (Å²) < 4.78 is 7.26. The highest BCUT2D eigenvalue weighted by Gasteiger charge is 2.25. The third-order valence-corrected chi connectivity index (χ3v) is 6.80. The van der Waals surface area contributed by atoms with E-state index in [0.717, 1.165) is 43.2 Å². The molecule has 2 aromatic heterocycles. The lowest BCUT2D eigenvalue weighted by Gasteiger charge is -2.34. The molecule has 168 valence electrons. The molecule has 1 fully saturated rings. The van der Waals surface area contributed by atoms with E-state index in [0.29, 0.717) is 12.2 Å². The second-order valence-corrected chi connectivity index (χ2v) is 8.90. The third-order valence-electron chi connectivity index (χ3n) is 5.83. The van der Waals surface area contributed by atoms with Gasteiger partial charge in [-0.05, 0) is 29.6 Å². The van der Waals surface area contributed by atoms with Gasteiger partial charge in [-0.15, -0.1) is 11.3 Å². The molecule has 0 radical (unpaired) electrons. The normalized spacial score (nSPS) is 15.3. The molecule has 1 amide bonds. The van der Waals surface area contributed by atoms with Crippen LogP contribution in [-0.4, -0.2) is 53.4 Å². The number of hydrogen-bond acceptors (Lipinski definition) is 5. The molecule has 5 rings (SSSR count). The van der Waals surface area contributed by atoms with E-state index >= 15 is 0 Å². The lowest BCUT2D eigenvalue weighted by Crippen LogP contribution is -2.43. The Morgan fingerprint density at radius 1 is 1.00 bits per heavy atom. The van der Waals surface area contributed by atoms with Crippen LogP contribution in [0.4, 0.5) is 0 Å². The van der Waals surface area contributed by atoms with E-state index in [-0.39, 0.29) is 11.9 Å². The molecule has 4 aromatic rings. The van der Waals surface area contributed by atoms with Crippen LogP contribution in [-0.2, 0) is 4.74 Å². The molecular weight excluding hydrogens is 432 g/mol. The van der Waals surface area contributed by atoms with Gasteiger partial charge in [-0.1, -0.05) is 54.6 Å². The van der Waals surface area contributed by atoms with Crippen molar-refractivity contribution in [3.63, 3.8) is 0 Å². The van der Waals surface area contributed by atoms with Gasteiger partial charge in [0.1, 0.15) is 5.69 Å². The van der Waals surface area contributed by atoms with Gasteiger partial charge in [0.15, 0.2) is 0 Å². The number of rotatable bonds is 7. The Balaban J connectivity index is 1.42. The highest BCUT2D eigenvalue weighted by atomic mass is 32.1. The topological polar surface area (TPSA) is 59.4 Å². The van der Waals surface area contributed by atoms with Gasteiger partial charge in [-0.2, -0.15) is 5.10 Å². The maximum absolute atomic E-state index is 13.4. The smallest absolute Gasteiger partial charge is 0.270 e. The molecule has 1 N–H and O–H groups in total. The van der Waals surface area contributed by atoms with E-state index in [1.165, 1.54) is 4.88 Å². The molecule has 0 saturated carbocycles. The van der Waals surface area contributed by atoms with E-state index < -0.39 is 0 Å². The Bertz CT molecular complexity index is 1170. The zero-order valence-electron chi connectivity index (χ0n) is 18.3. The second kappa shape index (κ2) is 10.1. The molecule has 6 nitrogen and oxygen atoms in total. The number of amides is 1. The van der Waals surface area contributed by atoms with Crippen molar-refractivity contribution in [1.29, 1.82) is 0 Å². The number of aromatic nitrogens is 2. The van der Waals surface area contributed by atoms with Crippen molar-refractivity contribution in [3.05, 3.63) is 94.8 Å². The number of para-hydroxylation sites is 1. The summed E-state index contributed by atoms with van der Waals surface area (Å²) in [6, 6.07) is 25.9. The monoisotopic (exact) mass is 458 g/mol. The lowest BCUT2D eigenvalue weighted by atomic mass is 10.1. The van der Waals surface area contributed by atoms with Gasteiger partial charge < -0.3 is 10.1 Å². The molecule has 1 atom stereocenters. The van der Waals surface area contributed by atoms with Crippen molar-refractivity contribution >= 4 is 17.2 Å². The summed E-state index contributed by atoms with van der Waals surface area (Å²) in [5.41, 5.74) is 3.12. The number of carbonyl (C=O) groups excluding carboxylic acids is 1. The van der Waals surface area contributed by atoms with Gasteiger partial charge in [0.05, 0.1) is 30.6 Å². The predicted octanol–water partition coefficient (Wildman–Crippen LogP) is 4.40. The fourth-order valence-corrected chi connectivity index (χ4v) is 4.98. The Labute approximate surface area is 197 Å². The second-order valence-electron chi connectivity index (χ2n) is 7.92. The molecule has 0 unspecified atom stereocenters. The van der Waals surface area contributed by atoms with Gasteiger partial charge in [0, 0.05) is 30.1 Å². The molecule has 7 heteroatoms. The van der Waals surface area contributed by atoms with Crippen molar-refractivity contribution in [2.75, 3.05) is 32.8 Å². The van der Waals surface area contributed by atoms with E-state index in [9.17, 15) is 4.79 Å². The molecule has 2 aromatic carbocycles. The van der Waals surface area contributed by atoms with Crippen LogP contribution >= 0.6 is 11.3 Å². The predicted molar refractivity (Wildman–Crippen MR) is 131 cm³/mol. The average molecular weight is 459 g/mol. The van der Waals surface area contributed by atoms with E-state index in [4.69, 9.17) is 9.84 Å². The summed E-state index contributed by atoms with van der Waals surface area (Å²) in [6.07, 6.45) is 0. The zero-order valence-corrected chi connectivity index (χ0v) is 19.1. The fourth-order valence-electron chi connectivity index (χ4n) is 4.12.